The highest BCUT2D eigenvalue weighted by Crippen LogP contribution is 2.29. The Bertz CT molecular complexity index is 969. The smallest absolute Gasteiger partial charge is 0.257 e. The number of hydrogen-bond acceptors (Lipinski definition) is 4. The van der Waals surface area contributed by atoms with Gasteiger partial charge in [0.25, 0.3) is 5.91 Å². The lowest BCUT2D eigenvalue weighted by Crippen LogP contribution is -2.46. The van der Waals surface area contributed by atoms with Crippen LogP contribution in [0.25, 0.3) is 16.9 Å². The Labute approximate surface area is 164 Å². The standard InChI is InChI=1S/C22H23N5O/c28-22(26-13-9-20-17(14-26)8-12-24-20)19-15-27(18-4-2-1-3-5-18)25-21(19)16-6-10-23-11-7-16/h1-7,10-11,15,17,20,24H,8-9,12-14H2/t17-,20+/m1/s1. The Balaban J connectivity index is 1.52. The number of carbonyl (C=O) groups excluding carboxylic acids is 1. The Morgan fingerprint density at radius 2 is 1.89 bits per heavy atom. The monoisotopic (exact) mass is 373 g/mol. The molecule has 1 N–H and O–H groups in total. The number of pyridine rings is 1. The van der Waals surface area contributed by atoms with Gasteiger partial charge in [-0.1, -0.05) is 18.2 Å². The Morgan fingerprint density at radius 3 is 2.71 bits per heavy atom. The molecule has 2 aliphatic heterocycles. The van der Waals surface area contributed by atoms with E-state index in [-0.39, 0.29) is 5.91 Å². The average Bonchev–Trinajstić information content (AvgIpc) is 3.41. The summed E-state index contributed by atoms with van der Waals surface area (Å²) in [4.78, 5) is 19.6. The largest absolute Gasteiger partial charge is 0.338 e. The van der Waals surface area contributed by atoms with Crippen LogP contribution in [0.2, 0.25) is 0 Å². The molecule has 0 unspecified atom stereocenters. The van der Waals surface area contributed by atoms with Crippen LogP contribution in [-0.2, 0) is 0 Å². The normalized spacial score (nSPS) is 21.5. The van der Waals surface area contributed by atoms with Gasteiger partial charge in [0.2, 0.25) is 0 Å². The Morgan fingerprint density at radius 1 is 1.07 bits per heavy atom. The van der Waals surface area contributed by atoms with E-state index in [1.165, 1.54) is 0 Å². The van der Waals surface area contributed by atoms with E-state index >= 15 is 0 Å². The molecule has 2 saturated heterocycles. The molecule has 0 radical (unpaired) electrons. The topological polar surface area (TPSA) is 63.1 Å². The van der Waals surface area contributed by atoms with Crippen LogP contribution >= 0.6 is 0 Å². The predicted octanol–water partition coefficient (Wildman–Crippen LogP) is 2.76. The number of amides is 1. The van der Waals surface area contributed by atoms with Gasteiger partial charge in [-0.05, 0) is 49.6 Å². The summed E-state index contributed by atoms with van der Waals surface area (Å²) in [5.41, 5.74) is 3.21. The van der Waals surface area contributed by atoms with E-state index in [9.17, 15) is 4.79 Å². The summed E-state index contributed by atoms with van der Waals surface area (Å²) in [5, 5.41) is 8.32. The van der Waals surface area contributed by atoms with E-state index < -0.39 is 0 Å². The summed E-state index contributed by atoms with van der Waals surface area (Å²) in [7, 11) is 0. The predicted molar refractivity (Wildman–Crippen MR) is 107 cm³/mol. The number of nitrogens with one attached hydrogen (secondary N) is 1. The second-order valence-corrected chi connectivity index (χ2v) is 7.56. The van der Waals surface area contributed by atoms with E-state index in [0.29, 0.717) is 23.2 Å². The number of nitrogens with zero attached hydrogens (tertiary/aromatic N) is 4. The van der Waals surface area contributed by atoms with Crippen LogP contribution in [0.15, 0.2) is 61.1 Å². The zero-order chi connectivity index (χ0) is 18.9. The molecule has 5 rings (SSSR count). The molecule has 6 nitrogen and oxygen atoms in total. The van der Waals surface area contributed by atoms with Gasteiger partial charge in [-0.2, -0.15) is 5.10 Å². The number of benzene rings is 1. The van der Waals surface area contributed by atoms with Gasteiger partial charge in [0.05, 0.1) is 11.3 Å². The van der Waals surface area contributed by atoms with Gasteiger partial charge in [0.1, 0.15) is 5.69 Å². The number of rotatable bonds is 3. The zero-order valence-electron chi connectivity index (χ0n) is 15.7. The van der Waals surface area contributed by atoms with Crippen molar-refractivity contribution >= 4 is 5.91 Å². The van der Waals surface area contributed by atoms with E-state index in [0.717, 1.165) is 43.7 Å². The fourth-order valence-electron chi connectivity index (χ4n) is 4.37. The van der Waals surface area contributed by atoms with E-state index in [1.807, 2.05) is 53.6 Å². The van der Waals surface area contributed by atoms with Crippen LogP contribution < -0.4 is 5.32 Å². The number of likely N-dealkylation sites (tertiary alicyclic amines) is 1. The molecule has 0 saturated carbocycles. The molecule has 0 aliphatic carbocycles. The maximum absolute atomic E-state index is 13.5. The minimum absolute atomic E-state index is 0.0688. The van der Waals surface area contributed by atoms with Gasteiger partial charge < -0.3 is 10.2 Å². The molecular formula is C22H23N5O. The number of hydrogen-bond donors (Lipinski definition) is 1. The van der Waals surface area contributed by atoms with Gasteiger partial charge in [0, 0.05) is 43.3 Å². The second kappa shape index (κ2) is 7.20. The molecule has 2 aromatic heterocycles. The first-order chi connectivity index (χ1) is 13.8. The summed E-state index contributed by atoms with van der Waals surface area (Å²) >= 11 is 0. The van der Waals surface area contributed by atoms with Gasteiger partial charge in [-0.15, -0.1) is 0 Å². The maximum Gasteiger partial charge on any atom is 0.257 e. The lowest BCUT2D eigenvalue weighted by Gasteiger charge is -2.34. The van der Waals surface area contributed by atoms with Gasteiger partial charge in [0.15, 0.2) is 0 Å². The Kier molecular flexibility index (Phi) is 4.41. The lowest BCUT2D eigenvalue weighted by atomic mass is 9.93. The first-order valence-electron chi connectivity index (χ1n) is 9.88. The molecule has 28 heavy (non-hydrogen) atoms. The van der Waals surface area contributed by atoms with Crippen molar-refractivity contribution in [3.63, 3.8) is 0 Å². The number of aromatic nitrogens is 3. The molecule has 3 aromatic rings. The highest BCUT2D eigenvalue weighted by Gasteiger charge is 2.35. The third-order valence-corrected chi connectivity index (χ3v) is 5.86. The van der Waals surface area contributed by atoms with Gasteiger partial charge in [-0.3, -0.25) is 9.78 Å². The molecule has 2 fully saturated rings. The first-order valence-corrected chi connectivity index (χ1v) is 9.88. The van der Waals surface area contributed by atoms with E-state index in [4.69, 9.17) is 5.10 Å². The lowest BCUT2D eigenvalue weighted by molar-refractivity contribution is 0.0663. The third kappa shape index (κ3) is 3.10. The van der Waals surface area contributed by atoms with Crippen LogP contribution in [0.3, 0.4) is 0 Å². The van der Waals surface area contributed by atoms with Crippen molar-refractivity contribution in [1.82, 2.24) is 25.0 Å². The van der Waals surface area contributed by atoms with Crippen molar-refractivity contribution in [3.8, 4) is 16.9 Å². The van der Waals surface area contributed by atoms with Crippen molar-refractivity contribution in [1.29, 1.82) is 0 Å². The van der Waals surface area contributed by atoms with Crippen LogP contribution in [0.5, 0.6) is 0 Å². The van der Waals surface area contributed by atoms with Crippen LogP contribution in [0, 0.1) is 5.92 Å². The fourth-order valence-corrected chi connectivity index (χ4v) is 4.37. The van der Waals surface area contributed by atoms with E-state index in [1.54, 1.807) is 17.1 Å². The number of carbonyl (C=O) groups is 1. The molecule has 6 heteroatoms. The highest BCUT2D eigenvalue weighted by atomic mass is 16.2. The van der Waals surface area contributed by atoms with Crippen LogP contribution in [-0.4, -0.2) is 51.2 Å². The summed E-state index contributed by atoms with van der Waals surface area (Å²) in [6.45, 7) is 2.67. The summed E-state index contributed by atoms with van der Waals surface area (Å²) in [6, 6.07) is 14.3. The molecule has 2 aliphatic rings. The van der Waals surface area contributed by atoms with Crippen LogP contribution in [0.4, 0.5) is 0 Å². The molecular weight excluding hydrogens is 350 g/mol. The minimum Gasteiger partial charge on any atom is -0.338 e. The number of fused-ring (bicyclic) bond motifs is 1. The molecule has 0 spiro atoms. The maximum atomic E-state index is 13.5. The van der Waals surface area contributed by atoms with Crippen molar-refractivity contribution in [3.05, 3.63) is 66.6 Å². The molecule has 4 heterocycles. The quantitative estimate of drug-likeness (QED) is 0.767. The van der Waals surface area contributed by atoms with Crippen molar-refractivity contribution in [2.24, 2.45) is 5.92 Å². The molecule has 142 valence electrons. The fraction of sp³-hybridized carbons (Fsp3) is 0.318. The SMILES string of the molecule is O=C(c1cn(-c2ccccc2)nc1-c1ccncc1)N1CC[C@@H]2NCC[C@@H]2C1. The summed E-state index contributed by atoms with van der Waals surface area (Å²) < 4.78 is 1.80. The number of para-hydroxylation sites is 1. The van der Waals surface area contributed by atoms with Gasteiger partial charge in [-0.25, -0.2) is 4.68 Å². The van der Waals surface area contributed by atoms with Crippen molar-refractivity contribution < 1.29 is 4.79 Å². The number of piperidine rings is 1. The van der Waals surface area contributed by atoms with Crippen molar-refractivity contribution in [2.45, 2.75) is 18.9 Å². The average molecular weight is 373 g/mol. The Hall–Kier alpha value is -2.99. The van der Waals surface area contributed by atoms with E-state index in [2.05, 4.69) is 10.3 Å². The summed E-state index contributed by atoms with van der Waals surface area (Å²) in [5.74, 6) is 0.630. The van der Waals surface area contributed by atoms with Crippen LogP contribution in [0.1, 0.15) is 23.2 Å². The van der Waals surface area contributed by atoms with Gasteiger partial charge >= 0.3 is 0 Å². The molecule has 2 atom stereocenters. The second-order valence-electron chi connectivity index (χ2n) is 7.56. The van der Waals surface area contributed by atoms with Crippen molar-refractivity contribution in [2.75, 3.05) is 19.6 Å². The molecule has 0 bridgehead atoms. The third-order valence-electron chi connectivity index (χ3n) is 5.86. The first kappa shape index (κ1) is 17.1. The highest BCUT2D eigenvalue weighted by molar-refractivity contribution is 6.00. The molecule has 1 aromatic carbocycles. The zero-order valence-corrected chi connectivity index (χ0v) is 15.7. The minimum atomic E-state index is 0.0688. The molecule has 1 amide bonds. The summed E-state index contributed by atoms with van der Waals surface area (Å²) in [6.07, 6.45) is 7.51.